The molecule has 1 aromatic heterocycles. The summed E-state index contributed by atoms with van der Waals surface area (Å²) < 4.78 is 26.0. The smallest absolute Gasteiger partial charge is 0.233 e. The highest BCUT2D eigenvalue weighted by Crippen LogP contribution is 2.27. The molecule has 23 heavy (non-hydrogen) atoms. The van der Waals surface area contributed by atoms with E-state index in [1.807, 2.05) is 6.92 Å². The number of hydrogen-bond donors (Lipinski definition) is 2. The van der Waals surface area contributed by atoms with Crippen molar-refractivity contribution < 1.29 is 8.42 Å². The number of nitrogens with zero attached hydrogens (tertiary/aromatic N) is 2. The lowest BCUT2D eigenvalue weighted by Gasteiger charge is -2.09. The Labute approximate surface area is 145 Å². The van der Waals surface area contributed by atoms with Gasteiger partial charge in [0.25, 0.3) is 0 Å². The minimum absolute atomic E-state index is 0.0588. The van der Waals surface area contributed by atoms with Crippen LogP contribution in [-0.2, 0) is 10.0 Å². The highest BCUT2D eigenvalue weighted by atomic mass is 35.5. The fourth-order valence-electron chi connectivity index (χ4n) is 1.73. The molecular weight excluding hydrogens is 359 g/mol. The first-order valence-electron chi connectivity index (χ1n) is 6.96. The third kappa shape index (κ3) is 5.53. The second-order valence-electron chi connectivity index (χ2n) is 4.83. The van der Waals surface area contributed by atoms with Crippen LogP contribution in [0.3, 0.4) is 0 Å². The number of sulfonamides is 1. The van der Waals surface area contributed by atoms with Gasteiger partial charge < -0.3 is 5.32 Å². The van der Waals surface area contributed by atoms with Gasteiger partial charge in [0.2, 0.25) is 10.0 Å². The maximum atomic E-state index is 11.8. The molecule has 2 aromatic rings. The number of rotatable bonds is 7. The molecule has 0 bridgehead atoms. The van der Waals surface area contributed by atoms with Crippen LogP contribution in [0.1, 0.15) is 19.8 Å². The molecule has 0 unspecified atom stereocenters. The summed E-state index contributed by atoms with van der Waals surface area (Å²) in [4.78, 5) is 0. The van der Waals surface area contributed by atoms with Crippen molar-refractivity contribution in [2.24, 2.45) is 0 Å². The van der Waals surface area contributed by atoms with Crippen molar-refractivity contribution in [2.45, 2.75) is 19.8 Å². The first-order chi connectivity index (χ1) is 10.9. The van der Waals surface area contributed by atoms with Gasteiger partial charge >= 0.3 is 0 Å². The standard InChI is InChI=1S/C14H16Cl2N4O2S/c1-2-3-8-23(21,22)20-14-7-6-13(18-19-14)17-12-9-10(15)4-5-11(12)16/h4-7,9H,2-3,8H2,1H3,(H,17,18)(H,19,20). The van der Waals surface area contributed by atoms with Crippen molar-refractivity contribution in [3.8, 4) is 0 Å². The predicted octanol–water partition coefficient (Wildman–Crippen LogP) is 4.07. The summed E-state index contributed by atoms with van der Waals surface area (Å²) in [5.41, 5.74) is 0.588. The zero-order valence-electron chi connectivity index (χ0n) is 12.4. The van der Waals surface area contributed by atoms with E-state index in [1.165, 1.54) is 6.07 Å². The molecule has 0 aliphatic rings. The summed E-state index contributed by atoms with van der Waals surface area (Å²) >= 11 is 12.0. The Morgan fingerprint density at radius 2 is 1.78 bits per heavy atom. The van der Waals surface area contributed by atoms with Crippen LogP contribution in [0.25, 0.3) is 0 Å². The van der Waals surface area contributed by atoms with E-state index in [1.54, 1.807) is 24.3 Å². The largest absolute Gasteiger partial charge is 0.337 e. The summed E-state index contributed by atoms with van der Waals surface area (Å²) in [6, 6.07) is 8.12. The van der Waals surface area contributed by atoms with E-state index in [-0.39, 0.29) is 11.6 Å². The molecule has 0 fully saturated rings. The lowest BCUT2D eigenvalue weighted by atomic mass is 10.3. The quantitative estimate of drug-likeness (QED) is 0.762. The molecule has 1 heterocycles. The third-order valence-corrected chi connectivity index (χ3v) is 4.79. The van der Waals surface area contributed by atoms with Gasteiger partial charge in [-0.15, -0.1) is 10.2 Å². The highest BCUT2D eigenvalue weighted by molar-refractivity contribution is 7.92. The molecule has 2 N–H and O–H groups in total. The molecular formula is C14H16Cl2N4O2S. The first-order valence-corrected chi connectivity index (χ1v) is 9.37. The molecule has 0 saturated carbocycles. The van der Waals surface area contributed by atoms with Crippen LogP contribution in [0.2, 0.25) is 10.0 Å². The maximum absolute atomic E-state index is 11.8. The van der Waals surface area contributed by atoms with E-state index in [9.17, 15) is 8.42 Å². The fraction of sp³-hybridized carbons (Fsp3) is 0.286. The van der Waals surface area contributed by atoms with Crippen molar-refractivity contribution in [1.29, 1.82) is 0 Å². The van der Waals surface area contributed by atoms with Crippen LogP contribution in [0.4, 0.5) is 17.3 Å². The number of anilines is 3. The second-order valence-corrected chi connectivity index (χ2v) is 7.51. The monoisotopic (exact) mass is 374 g/mol. The van der Waals surface area contributed by atoms with Crippen LogP contribution in [0.15, 0.2) is 30.3 Å². The van der Waals surface area contributed by atoms with Crippen molar-refractivity contribution in [2.75, 3.05) is 15.8 Å². The lowest BCUT2D eigenvalue weighted by molar-refractivity contribution is 0.597. The Kier molecular flexibility index (Phi) is 6.04. The Hall–Kier alpha value is -1.57. The topological polar surface area (TPSA) is 84.0 Å². The number of halogens is 2. The van der Waals surface area contributed by atoms with Crippen molar-refractivity contribution in [3.63, 3.8) is 0 Å². The number of unbranched alkanes of at least 4 members (excludes halogenated alkanes) is 1. The van der Waals surface area contributed by atoms with Gasteiger partial charge in [0, 0.05) is 5.02 Å². The van der Waals surface area contributed by atoms with Crippen LogP contribution in [0, 0.1) is 0 Å². The zero-order valence-corrected chi connectivity index (χ0v) is 14.7. The molecule has 2 rings (SSSR count). The zero-order chi connectivity index (χ0) is 16.9. The van der Waals surface area contributed by atoms with Crippen LogP contribution in [0.5, 0.6) is 0 Å². The fourth-order valence-corrected chi connectivity index (χ4v) is 3.26. The Bertz CT molecular complexity index is 767. The average Bonchev–Trinajstić information content (AvgIpc) is 2.51. The van der Waals surface area contributed by atoms with E-state index in [0.717, 1.165) is 6.42 Å². The highest BCUT2D eigenvalue weighted by Gasteiger charge is 2.11. The molecule has 1 aromatic carbocycles. The molecule has 0 amide bonds. The molecule has 6 nitrogen and oxygen atoms in total. The summed E-state index contributed by atoms with van der Waals surface area (Å²) in [6.07, 6.45) is 1.39. The average molecular weight is 375 g/mol. The molecule has 0 aliphatic heterocycles. The number of nitrogens with one attached hydrogen (secondary N) is 2. The summed E-state index contributed by atoms with van der Waals surface area (Å²) in [5.74, 6) is 0.651. The Morgan fingerprint density at radius 3 is 2.43 bits per heavy atom. The van der Waals surface area contributed by atoms with Gasteiger partial charge in [-0.25, -0.2) is 8.42 Å². The minimum atomic E-state index is -3.39. The van der Waals surface area contributed by atoms with Crippen molar-refractivity contribution in [1.82, 2.24) is 10.2 Å². The number of hydrogen-bond acceptors (Lipinski definition) is 5. The van der Waals surface area contributed by atoms with Gasteiger partial charge in [-0.2, -0.15) is 0 Å². The van der Waals surface area contributed by atoms with Crippen molar-refractivity contribution in [3.05, 3.63) is 40.4 Å². The molecule has 124 valence electrons. The Balaban J connectivity index is 2.06. The maximum Gasteiger partial charge on any atom is 0.233 e. The normalized spacial score (nSPS) is 11.3. The molecule has 0 saturated heterocycles. The van der Waals surface area contributed by atoms with Gasteiger partial charge in [0.1, 0.15) is 0 Å². The van der Waals surface area contributed by atoms with Crippen molar-refractivity contribution >= 4 is 50.5 Å². The molecule has 9 heteroatoms. The summed E-state index contributed by atoms with van der Waals surface area (Å²) in [6.45, 7) is 1.93. The molecule has 0 aliphatic carbocycles. The van der Waals surface area contributed by atoms with Crippen LogP contribution < -0.4 is 10.0 Å². The van der Waals surface area contributed by atoms with E-state index in [2.05, 4.69) is 20.2 Å². The van der Waals surface area contributed by atoms with Crippen LogP contribution >= 0.6 is 23.2 Å². The van der Waals surface area contributed by atoms with E-state index in [0.29, 0.717) is 28.0 Å². The van der Waals surface area contributed by atoms with Gasteiger partial charge in [-0.1, -0.05) is 36.5 Å². The van der Waals surface area contributed by atoms with E-state index in [4.69, 9.17) is 23.2 Å². The third-order valence-electron chi connectivity index (χ3n) is 2.88. The van der Waals surface area contributed by atoms with Crippen LogP contribution in [-0.4, -0.2) is 24.4 Å². The van der Waals surface area contributed by atoms with E-state index >= 15 is 0 Å². The number of benzene rings is 1. The molecule has 0 atom stereocenters. The second kappa shape index (κ2) is 7.81. The minimum Gasteiger partial charge on any atom is -0.337 e. The lowest BCUT2D eigenvalue weighted by Crippen LogP contribution is -2.17. The molecule has 0 radical (unpaired) electrons. The Morgan fingerprint density at radius 1 is 1.09 bits per heavy atom. The van der Waals surface area contributed by atoms with Gasteiger partial charge in [-0.05, 0) is 36.8 Å². The molecule has 0 spiro atoms. The summed E-state index contributed by atoms with van der Waals surface area (Å²) in [7, 11) is -3.39. The predicted molar refractivity (Wildman–Crippen MR) is 94.1 cm³/mol. The van der Waals surface area contributed by atoms with Gasteiger partial charge in [0.05, 0.1) is 16.5 Å². The summed E-state index contributed by atoms with van der Waals surface area (Å²) in [5, 5.41) is 11.8. The van der Waals surface area contributed by atoms with E-state index < -0.39 is 10.0 Å². The SMILES string of the molecule is CCCCS(=O)(=O)Nc1ccc(Nc2cc(Cl)ccc2Cl)nn1. The first kappa shape index (κ1) is 17.8. The van der Waals surface area contributed by atoms with Gasteiger partial charge in [-0.3, -0.25) is 4.72 Å². The van der Waals surface area contributed by atoms with Gasteiger partial charge in [0.15, 0.2) is 11.6 Å². The number of aromatic nitrogens is 2.